The van der Waals surface area contributed by atoms with Crippen molar-refractivity contribution >= 4 is 11.3 Å². The average molecular weight is 155 g/mol. The van der Waals surface area contributed by atoms with Gasteiger partial charge in [-0.2, -0.15) is 0 Å². The Labute approximate surface area is 66.1 Å². The van der Waals surface area contributed by atoms with Gasteiger partial charge in [0.1, 0.15) is 0 Å². The van der Waals surface area contributed by atoms with Crippen LogP contribution in [0, 0.1) is 5.92 Å². The molecule has 1 aromatic rings. The number of hydrogen-bond acceptors (Lipinski definition) is 2. The lowest BCUT2D eigenvalue weighted by atomic mass is 10.1. The number of hydrogen-bond donors (Lipinski definition) is 0. The van der Waals surface area contributed by atoms with Crippen molar-refractivity contribution < 1.29 is 0 Å². The highest BCUT2D eigenvalue weighted by molar-refractivity contribution is 7.09. The molecule has 0 aromatic carbocycles. The molecule has 1 heterocycles. The van der Waals surface area contributed by atoms with Crippen LogP contribution in [-0.4, -0.2) is 4.98 Å². The molecule has 1 rings (SSSR count). The highest BCUT2D eigenvalue weighted by Gasteiger charge is 2.01. The van der Waals surface area contributed by atoms with E-state index in [1.54, 1.807) is 11.3 Å². The average Bonchev–Trinajstić information content (AvgIpc) is 2.40. The van der Waals surface area contributed by atoms with Gasteiger partial charge < -0.3 is 0 Å². The minimum absolute atomic E-state index is 0.783. The van der Waals surface area contributed by atoms with Crippen molar-refractivity contribution in [1.82, 2.24) is 4.98 Å². The summed E-state index contributed by atoms with van der Waals surface area (Å²) in [5.41, 5.74) is 0. The summed E-state index contributed by atoms with van der Waals surface area (Å²) in [5, 5.41) is 3.31. The third-order valence-corrected chi connectivity index (χ3v) is 2.51. The Morgan fingerprint density at radius 3 is 3.00 bits per heavy atom. The summed E-state index contributed by atoms with van der Waals surface area (Å²) in [6.45, 7) is 4.49. The fourth-order valence-electron chi connectivity index (χ4n) is 0.796. The quantitative estimate of drug-likeness (QED) is 0.654. The third-order valence-electron chi connectivity index (χ3n) is 1.70. The van der Waals surface area contributed by atoms with E-state index in [2.05, 4.69) is 18.8 Å². The number of thiazole rings is 1. The van der Waals surface area contributed by atoms with Crippen LogP contribution in [0.15, 0.2) is 11.6 Å². The van der Waals surface area contributed by atoms with Gasteiger partial charge in [0, 0.05) is 18.0 Å². The molecule has 0 saturated heterocycles. The van der Waals surface area contributed by atoms with Gasteiger partial charge in [0.15, 0.2) is 0 Å². The first-order valence-electron chi connectivity index (χ1n) is 3.71. The van der Waals surface area contributed by atoms with Crippen LogP contribution in [0.25, 0.3) is 0 Å². The van der Waals surface area contributed by atoms with E-state index in [0.29, 0.717) is 0 Å². The zero-order valence-corrected chi connectivity index (χ0v) is 7.32. The Kier molecular flexibility index (Phi) is 2.87. The summed E-state index contributed by atoms with van der Waals surface area (Å²) >= 11 is 1.76. The fourth-order valence-corrected chi connectivity index (χ4v) is 1.58. The zero-order chi connectivity index (χ0) is 7.40. The second-order valence-corrected chi connectivity index (χ2v) is 3.62. The Morgan fingerprint density at radius 2 is 2.50 bits per heavy atom. The highest BCUT2D eigenvalue weighted by Crippen LogP contribution is 2.12. The van der Waals surface area contributed by atoms with E-state index in [4.69, 9.17) is 0 Å². The first kappa shape index (κ1) is 7.73. The van der Waals surface area contributed by atoms with Gasteiger partial charge in [0.2, 0.25) is 0 Å². The van der Waals surface area contributed by atoms with Crippen LogP contribution in [0.2, 0.25) is 0 Å². The van der Waals surface area contributed by atoms with E-state index >= 15 is 0 Å². The van der Waals surface area contributed by atoms with E-state index in [1.165, 1.54) is 11.4 Å². The molecule has 10 heavy (non-hydrogen) atoms. The maximum Gasteiger partial charge on any atom is 0.0927 e. The molecule has 1 atom stereocenters. The van der Waals surface area contributed by atoms with Crippen molar-refractivity contribution in [2.24, 2.45) is 5.92 Å². The molecule has 0 fully saturated rings. The summed E-state index contributed by atoms with van der Waals surface area (Å²) in [5.74, 6) is 0.783. The predicted octanol–water partition coefficient (Wildman–Crippen LogP) is 2.73. The molecule has 0 radical (unpaired) electrons. The standard InChI is InChI=1S/C8H13NS/c1-3-7(2)6-8-9-4-5-10-8/h4-5,7H,3,6H2,1-2H3. The third kappa shape index (κ3) is 2.10. The van der Waals surface area contributed by atoms with E-state index in [-0.39, 0.29) is 0 Å². The van der Waals surface area contributed by atoms with Crippen LogP contribution < -0.4 is 0 Å². The van der Waals surface area contributed by atoms with Gasteiger partial charge in [-0.1, -0.05) is 20.3 Å². The van der Waals surface area contributed by atoms with E-state index in [1.807, 2.05) is 11.6 Å². The second kappa shape index (κ2) is 3.71. The molecule has 0 N–H and O–H groups in total. The van der Waals surface area contributed by atoms with Crippen LogP contribution >= 0.6 is 11.3 Å². The van der Waals surface area contributed by atoms with Crippen LogP contribution in [0.3, 0.4) is 0 Å². The fraction of sp³-hybridized carbons (Fsp3) is 0.625. The van der Waals surface area contributed by atoms with Crippen LogP contribution in [0.1, 0.15) is 25.3 Å². The van der Waals surface area contributed by atoms with Crippen LogP contribution in [-0.2, 0) is 6.42 Å². The normalized spacial score (nSPS) is 13.4. The lowest BCUT2D eigenvalue weighted by molar-refractivity contribution is 0.558. The molecule has 0 aliphatic rings. The number of rotatable bonds is 3. The van der Waals surface area contributed by atoms with Gasteiger partial charge in [-0.3, -0.25) is 0 Å². The maximum atomic E-state index is 4.22. The Bertz CT molecular complexity index is 169. The lowest BCUT2D eigenvalue weighted by Gasteiger charge is -2.03. The van der Waals surface area contributed by atoms with Crippen molar-refractivity contribution in [3.8, 4) is 0 Å². The van der Waals surface area contributed by atoms with Gasteiger partial charge in [0.25, 0.3) is 0 Å². The minimum atomic E-state index is 0.783. The summed E-state index contributed by atoms with van der Waals surface area (Å²) in [7, 11) is 0. The largest absolute Gasteiger partial charge is 0.250 e. The Morgan fingerprint density at radius 1 is 1.70 bits per heavy atom. The first-order valence-corrected chi connectivity index (χ1v) is 4.59. The monoisotopic (exact) mass is 155 g/mol. The van der Waals surface area contributed by atoms with Crippen molar-refractivity contribution in [2.75, 3.05) is 0 Å². The molecule has 0 aliphatic carbocycles. The number of aromatic nitrogens is 1. The van der Waals surface area contributed by atoms with E-state index in [9.17, 15) is 0 Å². The molecule has 0 saturated carbocycles. The summed E-state index contributed by atoms with van der Waals surface area (Å²) in [6, 6.07) is 0. The van der Waals surface area contributed by atoms with Crippen LogP contribution in [0.4, 0.5) is 0 Å². The predicted molar refractivity (Wildman–Crippen MR) is 45.3 cm³/mol. The smallest absolute Gasteiger partial charge is 0.0927 e. The molecule has 0 amide bonds. The van der Waals surface area contributed by atoms with E-state index < -0.39 is 0 Å². The topological polar surface area (TPSA) is 12.9 Å². The van der Waals surface area contributed by atoms with Crippen molar-refractivity contribution in [2.45, 2.75) is 26.7 Å². The number of nitrogens with zero attached hydrogens (tertiary/aromatic N) is 1. The Balaban J connectivity index is 2.40. The summed E-state index contributed by atoms with van der Waals surface area (Å²) < 4.78 is 0. The lowest BCUT2D eigenvalue weighted by Crippen LogP contribution is -1.96. The molecule has 0 bridgehead atoms. The molecule has 0 spiro atoms. The zero-order valence-electron chi connectivity index (χ0n) is 6.50. The van der Waals surface area contributed by atoms with Gasteiger partial charge >= 0.3 is 0 Å². The van der Waals surface area contributed by atoms with E-state index in [0.717, 1.165) is 12.3 Å². The SMILES string of the molecule is CCC(C)Cc1nccs1. The van der Waals surface area contributed by atoms with Gasteiger partial charge in [-0.15, -0.1) is 11.3 Å². The van der Waals surface area contributed by atoms with Crippen LogP contribution in [0.5, 0.6) is 0 Å². The van der Waals surface area contributed by atoms with Crippen molar-refractivity contribution in [3.63, 3.8) is 0 Å². The molecular weight excluding hydrogens is 142 g/mol. The molecule has 2 heteroatoms. The Hall–Kier alpha value is -0.370. The molecule has 1 nitrogen and oxygen atoms in total. The molecule has 0 aliphatic heterocycles. The first-order chi connectivity index (χ1) is 4.83. The van der Waals surface area contributed by atoms with Crippen molar-refractivity contribution in [1.29, 1.82) is 0 Å². The molecule has 1 unspecified atom stereocenters. The minimum Gasteiger partial charge on any atom is -0.250 e. The summed E-state index contributed by atoms with van der Waals surface area (Å²) in [6.07, 6.45) is 4.27. The van der Waals surface area contributed by atoms with Gasteiger partial charge in [-0.25, -0.2) is 4.98 Å². The molecular formula is C8H13NS. The van der Waals surface area contributed by atoms with Crippen molar-refractivity contribution in [3.05, 3.63) is 16.6 Å². The highest BCUT2D eigenvalue weighted by atomic mass is 32.1. The van der Waals surface area contributed by atoms with Gasteiger partial charge in [0.05, 0.1) is 5.01 Å². The maximum absolute atomic E-state index is 4.22. The summed E-state index contributed by atoms with van der Waals surface area (Å²) in [4.78, 5) is 4.22. The second-order valence-electron chi connectivity index (χ2n) is 2.64. The molecule has 56 valence electrons. The van der Waals surface area contributed by atoms with Gasteiger partial charge in [-0.05, 0) is 5.92 Å². The molecule has 1 aromatic heterocycles.